The highest BCUT2D eigenvalue weighted by molar-refractivity contribution is 7.08. The van der Waals surface area contributed by atoms with Crippen LogP contribution in [0.15, 0.2) is 10.8 Å². The number of amides is 1. The first-order valence-electron chi connectivity index (χ1n) is 7.67. The van der Waals surface area contributed by atoms with Crippen molar-refractivity contribution in [2.75, 3.05) is 5.32 Å². The molecular formula is C16H19NO3S. The Bertz CT molecular complexity index is 571. The maximum atomic E-state index is 12.8. The second kappa shape index (κ2) is 4.57. The van der Waals surface area contributed by atoms with Crippen molar-refractivity contribution in [1.82, 2.24) is 0 Å². The third-order valence-electron chi connectivity index (χ3n) is 5.66. The van der Waals surface area contributed by atoms with Gasteiger partial charge in [0.1, 0.15) is 0 Å². The van der Waals surface area contributed by atoms with E-state index in [2.05, 4.69) is 5.32 Å². The topological polar surface area (TPSA) is 66.4 Å². The average Bonchev–Trinajstić information content (AvgIpc) is 2.85. The Morgan fingerprint density at radius 3 is 2.19 bits per heavy atom. The number of thiophene rings is 1. The highest BCUT2D eigenvalue weighted by Crippen LogP contribution is 2.60. The van der Waals surface area contributed by atoms with E-state index in [-0.39, 0.29) is 16.9 Å². The quantitative estimate of drug-likeness (QED) is 0.896. The summed E-state index contributed by atoms with van der Waals surface area (Å²) < 4.78 is 0. The number of carbonyl (C=O) groups excluding carboxylic acids is 1. The van der Waals surface area contributed by atoms with Crippen molar-refractivity contribution in [2.45, 2.75) is 38.5 Å². The lowest BCUT2D eigenvalue weighted by Gasteiger charge is -2.55. The van der Waals surface area contributed by atoms with Crippen LogP contribution in [0.2, 0.25) is 0 Å². The van der Waals surface area contributed by atoms with Gasteiger partial charge in [0.15, 0.2) is 0 Å². The number of anilines is 1. The van der Waals surface area contributed by atoms with Gasteiger partial charge in [0.2, 0.25) is 5.91 Å². The van der Waals surface area contributed by atoms with E-state index in [4.69, 9.17) is 5.11 Å². The Hall–Kier alpha value is -1.36. The number of hydrogen-bond donors (Lipinski definition) is 2. The van der Waals surface area contributed by atoms with E-state index in [0.29, 0.717) is 23.4 Å². The molecule has 1 aromatic heterocycles. The van der Waals surface area contributed by atoms with Crippen molar-refractivity contribution in [2.24, 2.45) is 23.2 Å². The number of hydrogen-bond acceptors (Lipinski definition) is 3. The molecule has 0 spiro atoms. The summed E-state index contributed by atoms with van der Waals surface area (Å²) in [6.45, 7) is 0. The summed E-state index contributed by atoms with van der Waals surface area (Å²) in [7, 11) is 0. The van der Waals surface area contributed by atoms with Gasteiger partial charge in [0.05, 0.1) is 16.7 Å². The zero-order valence-corrected chi connectivity index (χ0v) is 12.6. The van der Waals surface area contributed by atoms with Gasteiger partial charge in [-0.1, -0.05) is 0 Å². The average molecular weight is 305 g/mol. The van der Waals surface area contributed by atoms with Crippen LogP contribution in [0.25, 0.3) is 0 Å². The molecule has 1 heterocycles. The molecule has 4 fully saturated rings. The molecule has 2 N–H and O–H groups in total. The first-order chi connectivity index (χ1) is 10.1. The maximum Gasteiger partial charge on any atom is 0.338 e. The number of aromatic carboxylic acids is 1. The number of rotatable bonds is 3. The Labute approximate surface area is 127 Å². The molecule has 0 aromatic carbocycles. The van der Waals surface area contributed by atoms with Crippen LogP contribution in [0, 0.1) is 23.2 Å². The second-order valence-electron chi connectivity index (χ2n) is 7.16. The van der Waals surface area contributed by atoms with Crippen LogP contribution in [-0.2, 0) is 4.79 Å². The van der Waals surface area contributed by atoms with Gasteiger partial charge in [0.25, 0.3) is 0 Å². The molecule has 4 aliphatic rings. The lowest BCUT2D eigenvalue weighted by atomic mass is 9.49. The van der Waals surface area contributed by atoms with Crippen LogP contribution < -0.4 is 5.32 Å². The fourth-order valence-corrected chi connectivity index (χ4v) is 5.96. The van der Waals surface area contributed by atoms with Crippen molar-refractivity contribution in [3.63, 3.8) is 0 Å². The van der Waals surface area contributed by atoms with Crippen LogP contribution >= 0.6 is 11.3 Å². The van der Waals surface area contributed by atoms with Gasteiger partial charge in [-0.15, -0.1) is 11.3 Å². The first-order valence-corrected chi connectivity index (χ1v) is 8.61. The smallest absolute Gasteiger partial charge is 0.338 e. The SMILES string of the molecule is O=C(O)c1cscc1NC(=O)C12CC3CC(CC(C3)C1)C2. The van der Waals surface area contributed by atoms with E-state index in [1.807, 2.05) is 0 Å². The summed E-state index contributed by atoms with van der Waals surface area (Å²) >= 11 is 1.32. The van der Waals surface area contributed by atoms with Gasteiger partial charge in [-0.25, -0.2) is 4.79 Å². The Kier molecular flexibility index (Phi) is 2.89. The van der Waals surface area contributed by atoms with Crippen molar-refractivity contribution < 1.29 is 14.7 Å². The molecule has 0 radical (unpaired) electrons. The third kappa shape index (κ3) is 2.09. The fraction of sp³-hybridized carbons (Fsp3) is 0.625. The summed E-state index contributed by atoms with van der Waals surface area (Å²) in [5.74, 6) is 1.22. The minimum Gasteiger partial charge on any atom is -0.478 e. The predicted molar refractivity (Wildman–Crippen MR) is 80.5 cm³/mol. The Morgan fingerprint density at radius 2 is 1.67 bits per heavy atom. The standard InChI is InChI=1S/C16H19NO3S/c18-14(19)12-7-21-8-13(12)17-15(20)16-4-9-1-10(5-16)3-11(2-9)6-16/h7-11H,1-6H2,(H,17,20)(H,18,19). The molecule has 0 aliphatic heterocycles. The van der Waals surface area contributed by atoms with Crippen LogP contribution in [0.3, 0.4) is 0 Å². The molecule has 0 unspecified atom stereocenters. The predicted octanol–water partition coefficient (Wildman–Crippen LogP) is 3.60. The molecule has 5 heteroatoms. The highest BCUT2D eigenvalue weighted by Gasteiger charge is 2.54. The minimum atomic E-state index is -0.975. The monoisotopic (exact) mass is 305 g/mol. The van der Waals surface area contributed by atoms with E-state index in [1.165, 1.54) is 30.6 Å². The van der Waals surface area contributed by atoms with Crippen molar-refractivity contribution in [3.05, 3.63) is 16.3 Å². The molecule has 0 saturated heterocycles. The van der Waals surface area contributed by atoms with Gasteiger partial charge in [-0.3, -0.25) is 4.79 Å². The summed E-state index contributed by atoms with van der Waals surface area (Å²) in [6.07, 6.45) is 6.88. The van der Waals surface area contributed by atoms with Crippen molar-refractivity contribution >= 4 is 28.9 Å². The van der Waals surface area contributed by atoms with E-state index in [0.717, 1.165) is 19.3 Å². The van der Waals surface area contributed by atoms with Crippen molar-refractivity contribution in [3.8, 4) is 0 Å². The van der Waals surface area contributed by atoms with Crippen LogP contribution in [0.5, 0.6) is 0 Å². The van der Waals surface area contributed by atoms with Crippen LogP contribution in [0.4, 0.5) is 5.69 Å². The normalized spacial score (nSPS) is 36.7. The fourth-order valence-electron chi connectivity index (χ4n) is 5.20. The van der Waals surface area contributed by atoms with Gasteiger partial charge < -0.3 is 10.4 Å². The largest absolute Gasteiger partial charge is 0.478 e. The van der Waals surface area contributed by atoms with Gasteiger partial charge in [-0.2, -0.15) is 0 Å². The summed E-state index contributed by atoms with van der Waals surface area (Å²) in [5.41, 5.74) is 0.443. The van der Waals surface area contributed by atoms with Crippen LogP contribution in [0.1, 0.15) is 48.9 Å². The molecule has 4 saturated carbocycles. The van der Waals surface area contributed by atoms with Gasteiger partial charge >= 0.3 is 5.97 Å². The molecule has 4 bridgehead atoms. The van der Waals surface area contributed by atoms with E-state index >= 15 is 0 Å². The number of nitrogens with one attached hydrogen (secondary N) is 1. The van der Waals surface area contributed by atoms with E-state index in [9.17, 15) is 9.59 Å². The van der Waals surface area contributed by atoms with Gasteiger partial charge in [-0.05, 0) is 56.3 Å². The molecule has 4 aliphatic carbocycles. The molecular weight excluding hydrogens is 286 g/mol. The van der Waals surface area contributed by atoms with E-state index < -0.39 is 5.97 Å². The van der Waals surface area contributed by atoms with Crippen molar-refractivity contribution in [1.29, 1.82) is 0 Å². The lowest BCUT2D eigenvalue weighted by Crippen LogP contribution is -2.51. The highest BCUT2D eigenvalue weighted by atomic mass is 32.1. The molecule has 112 valence electrons. The summed E-state index contributed by atoms with van der Waals surface area (Å²) in [6, 6.07) is 0. The molecule has 21 heavy (non-hydrogen) atoms. The van der Waals surface area contributed by atoms with Crippen LogP contribution in [-0.4, -0.2) is 17.0 Å². The zero-order chi connectivity index (χ0) is 14.6. The number of carboxylic acid groups (broad SMARTS) is 1. The molecule has 5 rings (SSSR count). The number of carboxylic acids is 1. The summed E-state index contributed by atoms with van der Waals surface area (Å²) in [4.78, 5) is 24.0. The van der Waals surface area contributed by atoms with Gasteiger partial charge in [0, 0.05) is 10.8 Å². The molecule has 0 atom stereocenters. The zero-order valence-electron chi connectivity index (χ0n) is 11.8. The number of carbonyl (C=O) groups is 2. The summed E-state index contributed by atoms with van der Waals surface area (Å²) in [5, 5.41) is 15.4. The Morgan fingerprint density at radius 1 is 1.10 bits per heavy atom. The molecule has 1 aromatic rings. The molecule has 1 amide bonds. The molecule has 4 nitrogen and oxygen atoms in total. The Balaban J connectivity index is 1.57. The minimum absolute atomic E-state index is 0.0579. The maximum absolute atomic E-state index is 12.8. The lowest BCUT2D eigenvalue weighted by molar-refractivity contribution is -0.140. The first kappa shape index (κ1) is 13.3. The second-order valence-corrected chi connectivity index (χ2v) is 7.90. The third-order valence-corrected chi connectivity index (χ3v) is 6.40. The van der Waals surface area contributed by atoms with E-state index in [1.54, 1.807) is 10.8 Å².